The van der Waals surface area contributed by atoms with E-state index >= 15 is 0 Å². The molecule has 0 aliphatic carbocycles. The van der Waals surface area contributed by atoms with Gasteiger partial charge in [0.1, 0.15) is 23.2 Å². The Morgan fingerprint density at radius 3 is 2.81 bits per heavy atom. The molecule has 0 spiro atoms. The lowest BCUT2D eigenvalue weighted by atomic mass is 10.0. The van der Waals surface area contributed by atoms with Crippen LogP contribution in [0.2, 0.25) is 5.02 Å². The number of fused-ring (bicyclic) bond motifs is 1. The second kappa shape index (κ2) is 5.48. The highest BCUT2D eigenvalue weighted by Crippen LogP contribution is 2.31. The Morgan fingerprint density at radius 1 is 1.24 bits per heavy atom. The smallest absolute Gasteiger partial charge is 0.134 e. The fraction of sp³-hybridized carbons (Fsp3) is 0.125. The summed E-state index contributed by atoms with van der Waals surface area (Å²) in [5.74, 6) is 5.85. The third-order valence-corrected chi connectivity index (χ3v) is 3.72. The van der Waals surface area contributed by atoms with E-state index in [9.17, 15) is 4.39 Å². The first kappa shape index (κ1) is 14.1. The molecule has 0 bridgehead atoms. The van der Waals surface area contributed by atoms with Crippen molar-refractivity contribution in [3.8, 4) is 0 Å². The number of hydrazine groups is 1. The van der Waals surface area contributed by atoms with Crippen LogP contribution in [0.1, 0.15) is 22.9 Å². The van der Waals surface area contributed by atoms with Crippen LogP contribution in [-0.4, -0.2) is 0 Å². The molecule has 1 aromatic heterocycles. The highest BCUT2D eigenvalue weighted by Gasteiger charge is 2.21. The van der Waals surface area contributed by atoms with Crippen LogP contribution in [-0.2, 0) is 0 Å². The van der Waals surface area contributed by atoms with Gasteiger partial charge in [0.05, 0.1) is 0 Å². The molecule has 108 valence electrons. The van der Waals surface area contributed by atoms with Crippen LogP contribution in [0.5, 0.6) is 0 Å². The molecule has 3 N–H and O–H groups in total. The predicted molar refractivity (Wildman–Crippen MR) is 81.5 cm³/mol. The number of furan rings is 1. The second-order valence-electron chi connectivity index (χ2n) is 4.91. The van der Waals surface area contributed by atoms with E-state index < -0.39 is 6.04 Å². The van der Waals surface area contributed by atoms with Crippen LogP contribution < -0.4 is 11.3 Å². The van der Waals surface area contributed by atoms with Crippen LogP contribution in [0.25, 0.3) is 11.0 Å². The molecule has 0 amide bonds. The van der Waals surface area contributed by atoms with Crippen LogP contribution in [0.4, 0.5) is 4.39 Å². The number of nitrogens with two attached hydrogens (primary N) is 1. The monoisotopic (exact) mass is 304 g/mol. The van der Waals surface area contributed by atoms with Gasteiger partial charge in [-0.3, -0.25) is 5.84 Å². The number of hydrogen-bond acceptors (Lipinski definition) is 3. The molecule has 3 aromatic rings. The van der Waals surface area contributed by atoms with Gasteiger partial charge in [-0.05, 0) is 36.8 Å². The number of benzene rings is 2. The first-order valence-electron chi connectivity index (χ1n) is 6.50. The van der Waals surface area contributed by atoms with Gasteiger partial charge in [0, 0.05) is 16.0 Å². The molecule has 1 unspecified atom stereocenters. The predicted octanol–water partition coefficient (Wildman–Crippen LogP) is 4.09. The van der Waals surface area contributed by atoms with Crippen molar-refractivity contribution in [3.63, 3.8) is 0 Å². The first-order chi connectivity index (χ1) is 10.1. The largest absolute Gasteiger partial charge is 0.459 e. The second-order valence-corrected chi connectivity index (χ2v) is 5.35. The quantitative estimate of drug-likeness (QED) is 0.566. The van der Waals surface area contributed by atoms with E-state index in [4.69, 9.17) is 21.9 Å². The average molecular weight is 305 g/mol. The number of halogens is 2. The van der Waals surface area contributed by atoms with Crippen molar-refractivity contribution >= 4 is 22.6 Å². The van der Waals surface area contributed by atoms with E-state index in [0.717, 1.165) is 5.39 Å². The SMILES string of the molecule is Cc1cccc(C(NN)c2cc3cc(Cl)ccc3o2)c1F. The Bertz CT molecular complexity index is 800. The summed E-state index contributed by atoms with van der Waals surface area (Å²) in [6.45, 7) is 1.71. The van der Waals surface area contributed by atoms with Crippen molar-refractivity contribution < 1.29 is 8.81 Å². The number of rotatable bonds is 3. The summed E-state index contributed by atoms with van der Waals surface area (Å²) < 4.78 is 20.0. The molecule has 0 aliphatic heterocycles. The Kier molecular flexibility index (Phi) is 3.68. The molecule has 21 heavy (non-hydrogen) atoms. The summed E-state index contributed by atoms with van der Waals surface area (Å²) >= 11 is 5.96. The standard InChI is InChI=1S/C16H14ClFN2O/c1-9-3-2-4-12(15(9)18)16(20-19)14-8-10-7-11(17)5-6-13(10)21-14/h2-8,16,20H,19H2,1H3. The Morgan fingerprint density at radius 2 is 2.05 bits per heavy atom. The van der Waals surface area contributed by atoms with Crippen LogP contribution in [0.15, 0.2) is 46.9 Å². The highest BCUT2D eigenvalue weighted by atomic mass is 35.5. The molecule has 0 fully saturated rings. The summed E-state index contributed by atoms with van der Waals surface area (Å²) in [7, 11) is 0. The lowest BCUT2D eigenvalue weighted by molar-refractivity contribution is 0.461. The topological polar surface area (TPSA) is 51.2 Å². The Balaban J connectivity index is 2.11. The Hall–Kier alpha value is -1.88. The van der Waals surface area contributed by atoms with Gasteiger partial charge in [-0.25, -0.2) is 9.82 Å². The summed E-state index contributed by atoms with van der Waals surface area (Å²) in [5.41, 5.74) is 4.30. The lowest BCUT2D eigenvalue weighted by Crippen LogP contribution is -2.29. The third-order valence-electron chi connectivity index (χ3n) is 3.48. The van der Waals surface area contributed by atoms with E-state index in [-0.39, 0.29) is 5.82 Å². The van der Waals surface area contributed by atoms with Gasteiger partial charge >= 0.3 is 0 Å². The van der Waals surface area contributed by atoms with Gasteiger partial charge in [-0.2, -0.15) is 0 Å². The molecular weight excluding hydrogens is 291 g/mol. The van der Waals surface area contributed by atoms with Crippen LogP contribution >= 0.6 is 11.6 Å². The lowest BCUT2D eigenvalue weighted by Gasteiger charge is -2.15. The molecule has 1 atom stereocenters. The van der Waals surface area contributed by atoms with Crippen molar-refractivity contribution in [1.29, 1.82) is 0 Å². The fourth-order valence-corrected chi connectivity index (χ4v) is 2.58. The third kappa shape index (κ3) is 2.53. The van der Waals surface area contributed by atoms with Crippen molar-refractivity contribution in [2.75, 3.05) is 0 Å². The zero-order chi connectivity index (χ0) is 15.0. The van der Waals surface area contributed by atoms with E-state index in [0.29, 0.717) is 27.5 Å². The van der Waals surface area contributed by atoms with E-state index in [1.54, 1.807) is 43.3 Å². The van der Waals surface area contributed by atoms with Crippen molar-refractivity contribution in [3.05, 3.63) is 70.2 Å². The highest BCUT2D eigenvalue weighted by molar-refractivity contribution is 6.31. The van der Waals surface area contributed by atoms with Gasteiger partial charge in [0.15, 0.2) is 0 Å². The van der Waals surface area contributed by atoms with Crippen molar-refractivity contribution in [2.45, 2.75) is 13.0 Å². The summed E-state index contributed by atoms with van der Waals surface area (Å²) in [6.07, 6.45) is 0. The van der Waals surface area contributed by atoms with E-state index in [1.165, 1.54) is 0 Å². The zero-order valence-corrected chi connectivity index (χ0v) is 12.1. The van der Waals surface area contributed by atoms with Gasteiger partial charge in [0.25, 0.3) is 0 Å². The molecule has 0 saturated carbocycles. The maximum Gasteiger partial charge on any atom is 0.134 e. The number of aryl methyl sites for hydroxylation is 1. The minimum atomic E-state index is -0.559. The molecule has 0 radical (unpaired) electrons. The molecule has 1 heterocycles. The van der Waals surface area contributed by atoms with Gasteiger partial charge in [0.2, 0.25) is 0 Å². The average Bonchev–Trinajstić information content (AvgIpc) is 2.87. The Labute approximate surface area is 126 Å². The molecule has 3 rings (SSSR count). The zero-order valence-electron chi connectivity index (χ0n) is 11.4. The van der Waals surface area contributed by atoms with E-state index in [2.05, 4.69) is 5.43 Å². The molecule has 0 saturated heterocycles. The molecule has 0 aliphatic rings. The van der Waals surface area contributed by atoms with Crippen molar-refractivity contribution in [1.82, 2.24) is 5.43 Å². The maximum atomic E-state index is 14.3. The fourth-order valence-electron chi connectivity index (χ4n) is 2.40. The molecule has 5 heteroatoms. The maximum absolute atomic E-state index is 14.3. The van der Waals surface area contributed by atoms with Crippen molar-refractivity contribution in [2.24, 2.45) is 5.84 Å². The molecule has 2 aromatic carbocycles. The number of hydrogen-bond donors (Lipinski definition) is 2. The van der Waals surface area contributed by atoms with Gasteiger partial charge in [-0.15, -0.1) is 0 Å². The first-order valence-corrected chi connectivity index (χ1v) is 6.88. The molecular formula is C16H14ClFN2O. The normalized spacial score (nSPS) is 12.8. The number of nitrogens with one attached hydrogen (secondary N) is 1. The van der Waals surface area contributed by atoms with Crippen LogP contribution in [0.3, 0.4) is 0 Å². The van der Waals surface area contributed by atoms with Gasteiger partial charge < -0.3 is 4.42 Å². The molecule has 3 nitrogen and oxygen atoms in total. The van der Waals surface area contributed by atoms with Crippen LogP contribution in [0, 0.1) is 12.7 Å². The van der Waals surface area contributed by atoms with Gasteiger partial charge in [-0.1, -0.05) is 29.8 Å². The van der Waals surface area contributed by atoms with E-state index in [1.807, 2.05) is 6.07 Å². The summed E-state index contributed by atoms with van der Waals surface area (Å²) in [4.78, 5) is 0. The summed E-state index contributed by atoms with van der Waals surface area (Å²) in [5, 5.41) is 1.47. The minimum absolute atomic E-state index is 0.293. The minimum Gasteiger partial charge on any atom is -0.459 e. The summed E-state index contributed by atoms with van der Waals surface area (Å²) in [6, 6.07) is 11.8.